The highest BCUT2D eigenvalue weighted by atomic mass is 19.3. The summed E-state index contributed by atoms with van der Waals surface area (Å²) in [5, 5.41) is 2.59. The molecule has 9 heteroatoms. The van der Waals surface area contributed by atoms with E-state index in [1.807, 2.05) is 0 Å². The standard InChI is InChI=1S/C16H20F2N2O5/c1-10(15(22)20-5-7-24-8-6-20)19-14(21)11-3-4-12(25-16(17)18)13(9-11)23-2/h3-4,9-10,16H,5-8H2,1-2H3,(H,19,21). The second-order valence-corrected chi connectivity index (χ2v) is 5.38. The third-order valence-electron chi connectivity index (χ3n) is 3.68. The van der Waals surface area contributed by atoms with E-state index in [4.69, 9.17) is 9.47 Å². The first kappa shape index (κ1) is 18.9. The number of carbonyl (C=O) groups excluding carboxylic acids is 2. The van der Waals surface area contributed by atoms with Crippen molar-refractivity contribution in [3.63, 3.8) is 0 Å². The maximum atomic E-state index is 12.3. The molecule has 1 atom stereocenters. The molecule has 1 heterocycles. The first-order chi connectivity index (χ1) is 11.9. The van der Waals surface area contributed by atoms with Crippen LogP contribution in [0.15, 0.2) is 18.2 Å². The number of nitrogens with one attached hydrogen (secondary N) is 1. The minimum Gasteiger partial charge on any atom is -0.493 e. The van der Waals surface area contributed by atoms with Gasteiger partial charge in [-0.25, -0.2) is 0 Å². The summed E-state index contributed by atoms with van der Waals surface area (Å²) in [5.74, 6) is -0.899. The van der Waals surface area contributed by atoms with Crippen LogP contribution >= 0.6 is 0 Å². The van der Waals surface area contributed by atoms with E-state index in [0.717, 1.165) is 0 Å². The number of benzene rings is 1. The predicted octanol–water partition coefficient (Wildman–Crippen LogP) is 1.27. The van der Waals surface area contributed by atoms with Crippen LogP contribution in [0.5, 0.6) is 11.5 Å². The molecule has 0 bridgehead atoms. The lowest BCUT2D eigenvalue weighted by molar-refractivity contribution is -0.136. The second-order valence-electron chi connectivity index (χ2n) is 5.38. The van der Waals surface area contributed by atoms with Crippen LogP contribution < -0.4 is 14.8 Å². The van der Waals surface area contributed by atoms with Crippen LogP contribution in [0.4, 0.5) is 8.78 Å². The molecule has 7 nitrogen and oxygen atoms in total. The molecule has 0 saturated carbocycles. The largest absolute Gasteiger partial charge is 0.493 e. The van der Waals surface area contributed by atoms with Gasteiger partial charge in [0.15, 0.2) is 11.5 Å². The van der Waals surface area contributed by atoms with Crippen molar-refractivity contribution in [1.82, 2.24) is 10.2 Å². The minimum atomic E-state index is -3.00. The number of methoxy groups -OCH3 is 1. The van der Waals surface area contributed by atoms with E-state index in [2.05, 4.69) is 10.1 Å². The number of hydrogen-bond acceptors (Lipinski definition) is 5. The van der Waals surface area contributed by atoms with Crippen LogP contribution in [0, 0.1) is 0 Å². The zero-order chi connectivity index (χ0) is 18.4. The lowest BCUT2D eigenvalue weighted by atomic mass is 10.1. The van der Waals surface area contributed by atoms with Gasteiger partial charge in [-0.15, -0.1) is 0 Å². The maximum absolute atomic E-state index is 12.3. The van der Waals surface area contributed by atoms with Crippen LogP contribution in [0.2, 0.25) is 0 Å². The number of amides is 2. The molecular formula is C16H20F2N2O5. The molecule has 1 saturated heterocycles. The summed E-state index contributed by atoms with van der Waals surface area (Å²) in [4.78, 5) is 26.2. The number of ether oxygens (including phenoxy) is 3. The van der Waals surface area contributed by atoms with Crippen molar-refractivity contribution < 1.29 is 32.6 Å². The van der Waals surface area contributed by atoms with Gasteiger partial charge in [0, 0.05) is 18.7 Å². The molecule has 0 aliphatic carbocycles. The SMILES string of the molecule is COc1cc(C(=O)NC(C)C(=O)N2CCOCC2)ccc1OC(F)F. The van der Waals surface area contributed by atoms with Gasteiger partial charge < -0.3 is 24.4 Å². The van der Waals surface area contributed by atoms with E-state index >= 15 is 0 Å². The Labute approximate surface area is 143 Å². The second kappa shape index (κ2) is 8.61. The molecule has 1 aliphatic heterocycles. The van der Waals surface area contributed by atoms with Gasteiger partial charge in [-0.05, 0) is 25.1 Å². The van der Waals surface area contributed by atoms with Crippen molar-refractivity contribution in [3.8, 4) is 11.5 Å². The van der Waals surface area contributed by atoms with E-state index in [9.17, 15) is 18.4 Å². The van der Waals surface area contributed by atoms with Gasteiger partial charge in [0.05, 0.1) is 20.3 Å². The zero-order valence-corrected chi connectivity index (χ0v) is 14.0. The summed E-state index contributed by atoms with van der Waals surface area (Å²) in [5.41, 5.74) is 0.167. The smallest absolute Gasteiger partial charge is 0.387 e. The van der Waals surface area contributed by atoms with Gasteiger partial charge in [0.1, 0.15) is 6.04 Å². The summed E-state index contributed by atoms with van der Waals surface area (Å²) in [6, 6.07) is 3.09. The number of hydrogen-bond donors (Lipinski definition) is 1. The van der Waals surface area contributed by atoms with Crippen molar-refractivity contribution in [3.05, 3.63) is 23.8 Å². The maximum Gasteiger partial charge on any atom is 0.387 e. The van der Waals surface area contributed by atoms with Gasteiger partial charge in [-0.3, -0.25) is 9.59 Å². The molecule has 1 aliphatic rings. The van der Waals surface area contributed by atoms with Gasteiger partial charge in [-0.1, -0.05) is 0 Å². The molecule has 0 spiro atoms. The third-order valence-corrected chi connectivity index (χ3v) is 3.68. The van der Waals surface area contributed by atoms with Gasteiger partial charge in [0.25, 0.3) is 5.91 Å². The summed E-state index contributed by atoms with van der Waals surface area (Å²) in [6.07, 6.45) is 0. The van der Waals surface area contributed by atoms with Crippen LogP contribution in [0.25, 0.3) is 0 Å². The van der Waals surface area contributed by atoms with Crippen molar-refractivity contribution in [1.29, 1.82) is 0 Å². The van der Waals surface area contributed by atoms with Gasteiger partial charge >= 0.3 is 6.61 Å². The number of carbonyl (C=O) groups is 2. The number of nitrogens with zero attached hydrogens (tertiary/aromatic N) is 1. The number of halogens is 2. The Kier molecular flexibility index (Phi) is 6.51. The summed E-state index contributed by atoms with van der Waals surface area (Å²) >= 11 is 0. The quantitative estimate of drug-likeness (QED) is 0.829. The molecule has 0 radical (unpaired) electrons. The summed E-state index contributed by atoms with van der Waals surface area (Å²) in [7, 11) is 1.28. The average molecular weight is 358 g/mol. The molecule has 138 valence electrons. The average Bonchev–Trinajstić information content (AvgIpc) is 2.61. The van der Waals surface area contributed by atoms with Crippen LogP contribution in [-0.4, -0.2) is 62.8 Å². The summed E-state index contributed by atoms with van der Waals surface area (Å²) < 4.78 is 39.1. The van der Waals surface area contributed by atoms with Crippen molar-refractivity contribution >= 4 is 11.8 Å². The lowest BCUT2D eigenvalue weighted by Crippen LogP contribution is -2.50. The summed E-state index contributed by atoms with van der Waals surface area (Å²) in [6.45, 7) is 0.477. The zero-order valence-electron chi connectivity index (χ0n) is 14.0. The first-order valence-corrected chi connectivity index (χ1v) is 7.72. The highest BCUT2D eigenvalue weighted by Crippen LogP contribution is 2.29. The fourth-order valence-electron chi connectivity index (χ4n) is 2.40. The van der Waals surface area contributed by atoms with Crippen molar-refractivity contribution in [2.45, 2.75) is 19.6 Å². The Morgan fingerprint density at radius 1 is 1.24 bits per heavy atom. The Bertz CT molecular complexity index is 621. The fraction of sp³-hybridized carbons (Fsp3) is 0.500. The van der Waals surface area contributed by atoms with Crippen molar-refractivity contribution in [2.24, 2.45) is 0 Å². The molecule has 2 rings (SSSR count). The number of rotatable bonds is 6. The Morgan fingerprint density at radius 3 is 2.52 bits per heavy atom. The highest BCUT2D eigenvalue weighted by Gasteiger charge is 2.24. The Morgan fingerprint density at radius 2 is 1.92 bits per heavy atom. The molecule has 25 heavy (non-hydrogen) atoms. The molecule has 1 N–H and O–H groups in total. The number of alkyl halides is 2. The lowest BCUT2D eigenvalue weighted by Gasteiger charge is -2.29. The molecule has 1 fully saturated rings. The molecule has 2 amide bonds. The van der Waals surface area contributed by atoms with Gasteiger partial charge in [-0.2, -0.15) is 8.78 Å². The highest BCUT2D eigenvalue weighted by molar-refractivity contribution is 5.98. The monoisotopic (exact) mass is 358 g/mol. The minimum absolute atomic E-state index is 0.000101. The van der Waals surface area contributed by atoms with Crippen LogP contribution in [0.3, 0.4) is 0 Å². The van der Waals surface area contributed by atoms with Crippen molar-refractivity contribution in [2.75, 3.05) is 33.4 Å². The molecule has 0 aromatic heterocycles. The molecule has 1 aromatic rings. The molecule has 1 aromatic carbocycles. The topological polar surface area (TPSA) is 77.1 Å². The van der Waals surface area contributed by atoms with Crippen LogP contribution in [0.1, 0.15) is 17.3 Å². The normalized spacial score (nSPS) is 15.6. The third kappa shape index (κ3) is 5.02. The van der Waals surface area contributed by atoms with E-state index in [-0.39, 0.29) is 23.0 Å². The Balaban J connectivity index is 2.03. The molecular weight excluding hydrogens is 338 g/mol. The number of morpholine rings is 1. The fourth-order valence-corrected chi connectivity index (χ4v) is 2.40. The predicted molar refractivity (Wildman–Crippen MR) is 84.0 cm³/mol. The van der Waals surface area contributed by atoms with E-state index in [1.54, 1.807) is 11.8 Å². The van der Waals surface area contributed by atoms with E-state index < -0.39 is 18.6 Å². The van der Waals surface area contributed by atoms with Crippen LogP contribution in [-0.2, 0) is 9.53 Å². The van der Waals surface area contributed by atoms with E-state index in [1.165, 1.54) is 25.3 Å². The van der Waals surface area contributed by atoms with Gasteiger partial charge in [0.2, 0.25) is 5.91 Å². The van der Waals surface area contributed by atoms with E-state index in [0.29, 0.717) is 26.3 Å². The Hall–Kier alpha value is -2.42. The first-order valence-electron chi connectivity index (χ1n) is 7.72. The molecule has 1 unspecified atom stereocenters.